The van der Waals surface area contributed by atoms with Crippen molar-refractivity contribution in [3.8, 4) is 0 Å². The molecule has 0 saturated carbocycles. The Morgan fingerprint density at radius 3 is 2.83 bits per heavy atom. The highest BCUT2D eigenvalue weighted by atomic mass is 79.9. The quantitative estimate of drug-likeness (QED) is 0.896. The summed E-state index contributed by atoms with van der Waals surface area (Å²) in [5.41, 5.74) is 6.33. The first-order valence-corrected chi connectivity index (χ1v) is 5.84. The number of nitrogens with two attached hydrogens (primary N) is 1. The fraction of sp³-hybridized carbons (Fsp3) is 0. The van der Waals surface area contributed by atoms with Gasteiger partial charge in [-0.2, -0.15) is 0 Å². The van der Waals surface area contributed by atoms with Crippen LogP contribution in [0.3, 0.4) is 0 Å². The minimum atomic E-state index is -0.395. The van der Waals surface area contributed by atoms with Crippen LogP contribution < -0.4 is 11.1 Å². The lowest BCUT2D eigenvalue weighted by Gasteiger charge is -2.08. The van der Waals surface area contributed by atoms with Crippen molar-refractivity contribution in [2.45, 2.75) is 0 Å². The molecule has 0 aliphatic heterocycles. The molecule has 2 aromatic rings. The van der Waals surface area contributed by atoms with Crippen LogP contribution in [0.2, 0.25) is 0 Å². The van der Waals surface area contributed by atoms with Crippen LogP contribution in [0.4, 0.5) is 15.9 Å². The molecule has 3 N–H and O–H groups in total. The first-order chi connectivity index (χ1) is 8.58. The van der Waals surface area contributed by atoms with Crippen molar-refractivity contribution in [2.24, 2.45) is 0 Å². The molecular weight excluding hydrogens is 301 g/mol. The van der Waals surface area contributed by atoms with Crippen LogP contribution in [0.15, 0.2) is 41.0 Å². The molecule has 2 rings (SSSR count). The van der Waals surface area contributed by atoms with Crippen molar-refractivity contribution in [2.75, 3.05) is 11.1 Å². The lowest BCUT2D eigenvalue weighted by Crippen LogP contribution is -2.15. The van der Waals surface area contributed by atoms with Gasteiger partial charge in [-0.05, 0) is 46.3 Å². The molecule has 0 radical (unpaired) electrons. The van der Waals surface area contributed by atoms with Crippen molar-refractivity contribution in [1.82, 2.24) is 4.98 Å². The van der Waals surface area contributed by atoms with Crippen LogP contribution in [0.1, 0.15) is 10.4 Å². The molecule has 92 valence electrons. The SMILES string of the molecule is Nc1ncccc1C(=O)Nc1ccc(F)cc1Br. The molecule has 0 unspecified atom stereocenters. The highest BCUT2D eigenvalue weighted by Gasteiger charge is 2.11. The minimum Gasteiger partial charge on any atom is -0.383 e. The van der Waals surface area contributed by atoms with Crippen molar-refractivity contribution in [3.05, 3.63) is 52.4 Å². The van der Waals surface area contributed by atoms with Gasteiger partial charge in [-0.3, -0.25) is 4.79 Å². The number of nitrogens with one attached hydrogen (secondary N) is 1. The van der Waals surface area contributed by atoms with E-state index in [4.69, 9.17) is 5.73 Å². The van der Waals surface area contributed by atoms with Gasteiger partial charge in [0.1, 0.15) is 11.6 Å². The van der Waals surface area contributed by atoms with Crippen molar-refractivity contribution in [3.63, 3.8) is 0 Å². The average molecular weight is 310 g/mol. The second-order valence-corrected chi connectivity index (χ2v) is 4.37. The van der Waals surface area contributed by atoms with Gasteiger partial charge in [0.25, 0.3) is 5.91 Å². The number of rotatable bonds is 2. The van der Waals surface area contributed by atoms with E-state index >= 15 is 0 Å². The van der Waals surface area contributed by atoms with E-state index in [-0.39, 0.29) is 17.2 Å². The molecule has 0 atom stereocenters. The Labute approximate surface area is 111 Å². The molecule has 6 heteroatoms. The van der Waals surface area contributed by atoms with Gasteiger partial charge >= 0.3 is 0 Å². The molecule has 1 aromatic heterocycles. The van der Waals surface area contributed by atoms with E-state index in [1.165, 1.54) is 24.4 Å². The number of nitrogens with zero attached hydrogens (tertiary/aromatic N) is 1. The van der Waals surface area contributed by atoms with Gasteiger partial charge in [-0.15, -0.1) is 0 Å². The van der Waals surface area contributed by atoms with Gasteiger partial charge in [0.2, 0.25) is 0 Å². The Bertz CT molecular complexity index is 604. The standard InChI is InChI=1S/C12H9BrFN3O/c13-9-6-7(14)3-4-10(9)17-12(18)8-2-1-5-16-11(8)15/h1-6H,(H2,15,16)(H,17,18). The van der Waals surface area contributed by atoms with Crippen LogP contribution in [0, 0.1) is 5.82 Å². The topological polar surface area (TPSA) is 68.0 Å². The molecular formula is C12H9BrFN3O. The van der Waals surface area contributed by atoms with Crippen LogP contribution in [0.25, 0.3) is 0 Å². The first kappa shape index (κ1) is 12.5. The van der Waals surface area contributed by atoms with E-state index in [2.05, 4.69) is 26.2 Å². The van der Waals surface area contributed by atoms with E-state index in [1.807, 2.05) is 0 Å². The predicted molar refractivity (Wildman–Crippen MR) is 70.7 cm³/mol. The van der Waals surface area contributed by atoms with E-state index in [0.717, 1.165) is 0 Å². The molecule has 4 nitrogen and oxygen atoms in total. The van der Waals surface area contributed by atoms with E-state index in [9.17, 15) is 9.18 Å². The van der Waals surface area contributed by atoms with Crippen LogP contribution in [-0.2, 0) is 0 Å². The van der Waals surface area contributed by atoms with Gasteiger partial charge in [0.05, 0.1) is 11.3 Å². The van der Waals surface area contributed by atoms with Crippen molar-refractivity contribution >= 4 is 33.3 Å². The number of pyridine rings is 1. The third-order valence-corrected chi connectivity index (χ3v) is 2.92. The van der Waals surface area contributed by atoms with Gasteiger partial charge in [0, 0.05) is 10.7 Å². The Kier molecular flexibility index (Phi) is 3.57. The number of amides is 1. The number of aromatic nitrogens is 1. The molecule has 18 heavy (non-hydrogen) atoms. The van der Waals surface area contributed by atoms with E-state index < -0.39 is 5.91 Å². The summed E-state index contributed by atoms with van der Waals surface area (Å²) >= 11 is 3.17. The highest BCUT2D eigenvalue weighted by molar-refractivity contribution is 9.10. The zero-order valence-corrected chi connectivity index (χ0v) is 10.7. The Balaban J connectivity index is 2.24. The smallest absolute Gasteiger partial charge is 0.259 e. The van der Waals surface area contributed by atoms with Gasteiger partial charge in [0.15, 0.2) is 0 Å². The second-order valence-electron chi connectivity index (χ2n) is 3.51. The summed E-state index contributed by atoms with van der Waals surface area (Å²) < 4.78 is 13.4. The maximum absolute atomic E-state index is 12.9. The van der Waals surface area contributed by atoms with E-state index in [0.29, 0.717) is 10.2 Å². The summed E-state index contributed by atoms with van der Waals surface area (Å²) in [6.07, 6.45) is 1.50. The summed E-state index contributed by atoms with van der Waals surface area (Å²) in [5.74, 6) is -0.637. The summed E-state index contributed by atoms with van der Waals surface area (Å²) in [4.78, 5) is 15.7. The number of anilines is 2. The van der Waals surface area contributed by atoms with Crippen LogP contribution in [0.5, 0.6) is 0 Å². The third-order valence-electron chi connectivity index (χ3n) is 2.26. The highest BCUT2D eigenvalue weighted by Crippen LogP contribution is 2.24. The molecule has 0 spiro atoms. The average Bonchev–Trinajstić information content (AvgIpc) is 2.33. The molecule has 1 aromatic carbocycles. The molecule has 0 saturated heterocycles. The normalized spacial score (nSPS) is 10.1. The number of hydrogen-bond donors (Lipinski definition) is 2. The largest absolute Gasteiger partial charge is 0.383 e. The lowest BCUT2D eigenvalue weighted by atomic mass is 10.2. The molecule has 0 aliphatic carbocycles. The molecule has 1 heterocycles. The molecule has 1 amide bonds. The number of nitrogen functional groups attached to an aromatic ring is 1. The molecule has 0 bridgehead atoms. The summed E-state index contributed by atoms with van der Waals surface area (Å²) in [6.45, 7) is 0. The molecule has 0 fully saturated rings. The monoisotopic (exact) mass is 309 g/mol. The zero-order valence-electron chi connectivity index (χ0n) is 9.15. The van der Waals surface area contributed by atoms with Crippen molar-refractivity contribution < 1.29 is 9.18 Å². The minimum absolute atomic E-state index is 0.147. The van der Waals surface area contributed by atoms with Crippen LogP contribution in [-0.4, -0.2) is 10.9 Å². The maximum Gasteiger partial charge on any atom is 0.259 e. The lowest BCUT2D eigenvalue weighted by molar-refractivity contribution is 0.102. The van der Waals surface area contributed by atoms with Crippen LogP contribution >= 0.6 is 15.9 Å². The number of carbonyl (C=O) groups is 1. The van der Waals surface area contributed by atoms with Gasteiger partial charge in [-0.1, -0.05) is 0 Å². The fourth-order valence-corrected chi connectivity index (χ4v) is 1.84. The number of benzene rings is 1. The Hall–Kier alpha value is -1.95. The number of halogens is 2. The summed E-state index contributed by atoms with van der Waals surface area (Å²) in [7, 11) is 0. The maximum atomic E-state index is 12.9. The van der Waals surface area contributed by atoms with Gasteiger partial charge in [-0.25, -0.2) is 9.37 Å². The molecule has 0 aliphatic rings. The first-order valence-electron chi connectivity index (χ1n) is 5.05. The second kappa shape index (κ2) is 5.14. The predicted octanol–water partition coefficient (Wildman–Crippen LogP) is 2.82. The van der Waals surface area contributed by atoms with E-state index in [1.54, 1.807) is 12.1 Å². The Morgan fingerprint density at radius 1 is 1.39 bits per heavy atom. The summed E-state index contributed by atoms with van der Waals surface area (Å²) in [6, 6.07) is 7.17. The fourth-order valence-electron chi connectivity index (χ4n) is 1.39. The van der Waals surface area contributed by atoms with Crippen molar-refractivity contribution in [1.29, 1.82) is 0 Å². The Morgan fingerprint density at radius 2 is 2.17 bits per heavy atom. The number of carbonyl (C=O) groups excluding carboxylic acids is 1. The van der Waals surface area contributed by atoms with Gasteiger partial charge < -0.3 is 11.1 Å². The number of hydrogen-bond acceptors (Lipinski definition) is 3. The summed E-state index contributed by atoms with van der Waals surface area (Å²) in [5, 5.41) is 2.62. The zero-order chi connectivity index (χ0) is 13.1. The third kappa shape index (κ3) is 2.65.